The monoisotopic (exact) mass is 291 g/mol. The molecule has 0 heterocycles. The van der Waals surface area contributed by atoms with Gasteiger partial charge in [0, 0.05) is 12.0 Å². The Morgan fingerprint density at radius 3 is 2.41 bits per heavy atom. The highest BCUT2D eigenvalue weighted by molar-refractivity contribution is 9.10. The van der Waals surface area contributed by atoms with Crippen molar-refractivity contribution >= 4 is 21.6 Å². The van der Waals surface area contributed by atoms with E-state index in [1.54, 1.807) is 12.1 Å². The molecule has 2 aromatic rings. The van der Waals surface area contributed by atoms with E-state index in [-0.39, 0.29) is 10.6 Å². The first-order valence-electron chi connectivity index (χ1n) is 5.14. The molecular formula is C13H10BrNO2. The van der Waals surface area contributed by atoms with Crippen LogP contribution in [0.2, 0.25) is 0 Å². The maximum Gasteiger partial charge on any atom is 0.286 e. The molecule has 0 saturated heterocycles. The number of nitro benzene ring substituents is 1. The fraction of sp³-hybridized carbons (Fsp3) is 0.0769. The molecule has 0 radical (unpaired) electrons. The van der Waals surface area contributed by atoms with Crippen molar-refractivity contribution in [2.45, 2.75) is 6.42 Å². The van der Waals surface area contributed by atoms with Crippen LogP contribution >= 0.6 is 15.9 Å². The van der Waals surface area contributed by atoms with Crippen LogP contribution in [-0.2, 0) is 6.42 Å². The Morgan fingerprint density at radius 2 is 1.76 bits per heavy atom. The van der Waals surface area contributed by atoms with Gasteiger partial charge in [-0.15, -0.1) is 0 Å². The molecule has 0 aliphatic carbocycles. The van der Waals surface area contributed by atoms with Gasteiger partial charge in [0.1, 0.15) is 0 Å². The average Bonchev–Trinajstić information content (AvgIpc) is 2.30. The molecule has 86 valence electrons. The predicted octanol–water partition coefficient (Wildman–Crippen LogP) is 3.95. The van der Waals surface area contributed by atoms with E-state index in [1.807, 2.05) is 36.4 Å². The molecule has 0 aliphatic heterocycles. The minimum atomic E-state index is -0.345. The molecule has 3 nitrogen and oxygen atoms in total. The second-order valence-corrected chi connectivity index (χ2v) is 4.52. The molecule has 2 rings (SSSR count). The second kappa shape index (κ2) is 5.10. The summed E-state index contributed by atoms with van der Waals surface area (Å²) in [5, 5.41) is 11.0. The zero-order valence-corrected chi connectivity index (χ0v) is 10.6. The molecule has 2 aromatic carbocycles. The Bertz CT molecular complexity index is 540. The van der Waals surface area contributed by atoms with Gasteiger partial charge in [-0.05, 0) is 27.6 Å². The van der Waals surface area contributed by atoms with Gasteiger partial charge in [0.2, 0.25) is 0 Å². The molecular weight excluding hydrogens is 282 g/mol. The van der Waals surface area contributed by atoms with Crippen LogP contribution in [0, 0.1) is 10.1 Å². The number of rotatable bonds is 3. The van der Waals surface area contributed by atoms with Crippen molar-refractivity contribution in [3.05, 3.63) is 74.2 Å². The summed E-state index contributed by atoms with van der Waals surface area (Å²) in [5.41, 5.74) is 1.93. The third-order valence-corrected chi connectivity index (χ3v) is 3.13. The summed E-state index contributed by atoms with van der Waals surface area (Å²) in [6.45, 7) is 0. The smallest absolute Gasteiger partial charge is 0.258 e. The summed E-state index contributed by atoms with van der Waals surface area (Å²) in [6, 6.07) is 15.0. The van der Waals surface area contributed by atoms with Gasteiger partial charge in [-0.3, -0.25) is 10.1 Å². The van der Waals surface area contributed by atoms with E-state index < -0.39 is 0 Å². The van der Waals surface area contributed by atoms with Gasteiger partial charge >= 0.3 is 0 Å². The third kappa shape index (κ3) is 2.71. The standard InChI is InChI=1S/C13H10BrNO2/c14-12-8-4-7-11(13(12)15(16)17)9-10-5-2-1-3-6-10/h1-8H,9H2. The molecule has 0 N–H and O–H groups in total. The van der Waals surface area contributed by atoms with Crippen LogP contribution in [-0.4, -0.2) is 4.92 Å². The van der Waals surface area contributed by atoms with Crippen LogP contribution in [0.4, 0.5) is 5.69 Å². The molecule has 0 fully saturated rings. The minimum Gasteiger partial charge on any atom is -0.258 e. The topological polar surface area (TPSA) is 43.1 Å². The summed E-state index contributed by atoms with van der Waals surface area (Å²) in [7, 11) is 0. The minimum absolute atomic E-state index is 0.149. The van der Waals surface area contributed by atoms with Crippen molar-refractivity contribution in [2.24, 2.45) is 0 Å². The molecule has 0 aliphatic rings. The highest BCUT2D eigenvalue weighted by atomic mass is 79.9. The lowest BCUT2D eigenvalue weighted by molar-refractivity contribution is -0.386. The summed E-state index contributed by atoms with van der Waals surface area (Å²) < 4.78 is 0.524. The maximum atomic E-state index is 11.0. The fourth-order valence-electron chi connectivity index (χ4n) is 1.72. The number of halogens is 1. The molecule has 0 atom stereocenters. The predicted molar refractivity (Wildman–Crippen MR) is 70.0 cm³/mol. The molecule has 4 heteroatoms. The summed E-state index contributed by atoms with van der Waals surface area (Å²) >= 11 is 3.22. The Hall–Kier alpha value is -1.68. The van der Waals surface area contributed by atoms with Gasteiger partial charge in [0.05, 0.1) is 9.40 Å². The van der Waals surface area contributed by atoms with Crippen LogP contribution in [0.25, 0.3) is 0 Å². The first-order valence-corrected chi connectivity index (χ1v) is 5.93. The normalized spacial score (nSPS) is 10.2. The van der Waals surface area contributed by atoms with Crippen LogP contribution in [0.15, 0.2) is 53.0 Å². The molecule has 0 bridgehead atoms. The molecule has 0 saturated carbocycles. The fourth-order valence-corrected chi connectivity index (χ4v) is 2.27. The van der Waals surface area contributed by atoms with Gasteiger partial charge in [-0.25, -0.2) is 0 Å². The maximum absolute atomic E-state index is 11.0. The molecule has 0 amide bonds. The zero-order chi connectivity index (χ0) is 12.3. The van der Waals surface area contributed by atoms with Crippen molar-refractivity contribution < 1.29 is 4.92 Å². The Balaban J connectivity index is 2.40. The Kier molecular flexibility index (Phi) is 3.54. The van der Waals surface area contributed by atoms with Crippen LogP contribution in [0.5, 0.6) is 0 Å². The molecule has 0 unspecified atom stereocenters. The van der Waals surface area contributed by atoms with Crippen molar-refractivity contribution in [1.29, 1.82) is 0 Å². The van der Waals surface area contributed by atoms with E-state index in [2.05, 4.69) is 15.9 Å². The van der Waals surface area contributed by atoms with E-state index >= 15 is 0 Å². The van der Waals surface area contributed by atoms with Crippen LogP contribution in [0.1, 0.15) is 11.1 Å². The molecule has 17 heavy (non-hydrogen) atoms. The lowest BCUT2D eigenvalue weighted by Crippen LogP contribution is -1.97. The average molecular weight is 292 g/mol. The number of nitro groups is 1. The van der Waals surface area contributed by atoms with E-state index in [4.69, 9.17) is 0 Å². The van der Waals surface area contributed by atoms with Crippen LogP contribution in [0.3, 0.4) is 0 Å². The number of nitrogens with zero attached hydrogens (tertiary/aromatic N) is 1. The largest absolute Gasteiger partial charge is 0.286 e. The van der Waals surface area contributed by atoms with Crippen molar-refractivity contribution in [3.63, 3.8) is 0 Å². The van der Waals surface area contributed by atoms with Crippen LogP contribution < -0.4 is 0 Å². The van der Waals surface area contributed by atoms with E-state index in [1.165, 1.54) is 0 Å². The van der Waals surface area contributed by atoms with Gasteiger partial charge < -0.3 is 0 Å². The first kappa shape index (κ1) is 11.8. The zero-order valence-electron chi connectivity index (χ0n) is 8.97. The first-order chi connectivity index (χ1) is 8.18. The summed E-state index contributed by atoms with van der Waals surface area (Å²) in [4.78, 5) is 10.7. The lowest BCUT2D eigenvalue weighted by Gasteiger charge is -2.04. The second-order valence-electron chi connectivity index (χ2n) is 3.67. The SMILES string of the molecule is O=[N+]([O-])c1c(Br)cccc1Cc1ccccc1. The number of hydrogen-bond acceptors (Lipinski definition) is 2. The number of benzene rings is 2. The van der Waals surface area contributed by atoms with Crippen molar-refractivity contribution in [1.82, 2.24) is 0 Å². The molecule has 0 spiro atoms. The summed E-state index contributed by atoms with van der Waals surface area (Å²) in [6.07, 6.45) is 0.566. The Morgan fingerprint density at radius 1 is 1.06 bits per heavy atom. The molecule has 0 aromatic heterocycles. The third-order valence-electron chi connectivity index (χ3n) is 2.49. The lowest BCUT2D eigenvalue weighted by atomic mass is 10.0. The quantitative estimate of drug-likeness (QED) is 0.635. The number of para-hydroxylation sites is 1. The van der Waals surface area contributed by atoms with Gasteiger partial charge in [0.15, 0.2) is 0 Å². The highest BCUT2D eigenvalue weighted by Gasteiger charge is 2.17. The van der Waals surface area contributed by atoms with E-state index in [0.717, 1.165) is 11.1 Å². The van der Waals surface area contributed by atoms with E-state index in [0.29, 0.717) is 10.9 Å². The van der Waals surface area contributed by atoms with Crippen molar-refractivity contribution in [3.8, 4) is 0 Å². The van der Waals surface area contributed by atoms with Gasteiger partial charge in [-0.1, -0.05) is 42.5 Å². The van der Waals surface area contributed by atoms with E-state index in [9.17, 15) is 10.1 Å². The Labute approximate surface area is 107 Å². The van der Waals surface area contributed by atoms with Gasteiger partial charge in [-0.2, -0.15) is 0 Å². The number of hydrogen-bond donors (Lipinski definition) is 0. The van der Waals surface area contributed by atoms with Crippen molar-refractivity contribution in [2.75, 3.05) is 0 Å². The highest BCUT2D eigenvalue weighted by Crippen LogP contribution is 2.30. The summed E-state index contributed by atoms with van der Waals surface area (Å²) in [5.74, 6) is 0. The van der Waals surface area contributed by atoms with Gasteiger partial charge in [0.25, 0.3) is 5.69 Å².